The van der Waals surface area contributed by atoms with E-state index in [1.54, 1.807) is 7.11 Å². The quantitative estimate of drug-likeness (QED) is 0.234. The predicted molar refractivity (Wildman–Crippen MR) is 142 cm³/mol. The van der Waals surface area contributed by atoms with E-state index < -0.39 is 0 Å². The van der Waals surface area contributed by atoms with E-state index in [4.69, 9.17) is 4.74 Å². The van der Waals surface area contributed by atoms with E-state index in [9.17, 15) is 0 Å². The van der Waals surface area contributed by atoms with Crippen molar-refractivity contribution in [3.05, 3.63) is 108 Å². The van der Waals surface area contributed by atoms with E-state index in [0.29, 0.717) is 12.0 Å². The molecular weight excluding hydrogens is 507 g/mol. The van der Waals surface area contributed by atoms with Crippen LogP contribution in [0.15, 0.2) is 72.8 Å². The minimum absolute atomic E-state index is 0. The van der Waals surface area contributed by atoms with E-state index in [2.05, 4.69) is 92.4 Å². The average Bonchev–Trinajstić information content (AvgIpc) is 2.86. The van der Waals surface area contributed by atoms with Crippen LogP contribution >= 0.6 is 0 Å². The Balaban J connectivity index is 0.00000289. The van der Waals surface area contributed by atoms with Crippen LogP contribution in [0.3, 0.4) is 0 Å². The average molecular weight is 546 g/mol. The fourth-order valence-electron chi connectivity index (χ4n) is 6.31. The number of ether oxygens (including phenoxy) is 1. The normalized spacial score (nSPS) is 22.3. The van der Waals surface area contributed by atoms with Crippen LogP contribution in [0.1, 0.15) is 66.8 Å². The van der Waals surface area contributed by atoms with Crippen molar-refractivity contribution in [2.45, 2.75) is 56.9 Å². The molecule has 2 nitrogen and oxygen atoms in total. The van der Waals surface area contributed by atoms with Gasteiger partial charge in [-0.25, -0.2) is 0 Å². The van der Waals surface area contributed by atoms with Gasteiger partial charge in [0.1, 0.15) is 0 Å². The summed E-state index contributed by atoms with van der Waals surface area (Å²) in [6.07, 6.45) is 5.09. The van der Waals surface area contributed by atoms with Gasteiger partial charge in [-0.15, -0.1) is 0 Å². The molecule has 2 atom stereocenters. The molecule has 0 N–H and O–H groups in total. The van der Waals surface area contributed by atoms with Gasteiger partial charge < -0.3 is 4.74 Å². The maximum Gasteiger partial charge on any atom is 0.0607 e. The number of benzene rings is 3. The van der Waals surface area contributed by atoms with Crippen LogP contribution in [-0.2, 0) is 34.2 Å². The van der Waals surface area contributed by atoms with Gasteiger partial charge in [0.2, 0.25) is 0 Å². The Labute approximate surface area is 227 Å². The van der Waals surface area contributed by atoms with Crippen molar-refractivity contribution in [2.75, 3.05) is 20.2 Å². The Kier molecular flexibility index (Phi) is 8.18. The van der Waals surface area contributed by atoms with E-state index in [1.807, 2.05) is 6.07 Å². The van der Waals surface area contributed by atoms with Crippen LogP contribution in [0, 0.1) is 12.8 Å². The summed E-state index contributed by atoms with van der Waals surface area (Å²) in [5.74, 6) is 2.20. The Morgan fingerprint density at radius 2 is 1.60 bits per heavy atom. The minimum atomic E-state index is 0. The zero-order chi connectivity index (χ0) is 23.7. The molecule has 0 amide bonds. The molecule has 3 heteroatoms. The molecule has 3 saturated heterocycles. The second-order valence-electron chi connectivity index (χ2n) is 11.0. The zero-order valence-corrected chi connectivity index (χ0v) is 23.6. The number of fused-ring (bicyclic) bond motifs is 3. The smallest absolute Gasteiger partial charge is 0.0607 e. The third-order valence-corrected chi connectivity index (χ3v) is 8.28. The van der Waals surface area contributed by atoms with Crippen molar-refractivity contribution in [3.8, 4) is 5.75 Å². The zero-order valence-electron chi connectivity index (χ0n) is 21.4. The fourth-order valence-corrected chi connectivity index (χ4v) is 6.31. The summed E-state index contributed by atoms with van der Waals surface area (Å²) in [5.41, 5.74) is 6.56. The first kappa shape index (κ1) is 26.1. The number of methoxy groups -OCH3 is 1. The fraction of sp³-hybridized carbons (Fsp3) is 0.406. The molecule has 6 rings (SSSR count). The second-order valence-corrected chi connectivity index (χ2v) is 11.0. The van der Waals surface area contributed by atoms with Crippen LogP contribution in [0.5, 0.6) is 5.75 Å². The molecule has 3 aliphatic rings. The van der Waals surface area contributed by atoms with Crippen LogP contribution < -0.4 is 4.74 Å². The molecule has 3 aliphatic heterocycles. The number of hydrogen-bond donors (Lipinski definition) is 0. The van der Waals surface area contributed by atoms with Gasteiger partial charge >= 0.3 is 0 Å². The predicted octanol–water partition coefficient (Wildman–Crippen LogP) is 7.01. The summed E-state index contributed by atoms with van der Waals surface area (Å²) in [4.78, 5) is 2.76. The van der Waals surface area contributed by atoms with Crippen molar-refractivity contribution >= 4 is 0 Å². The van der Waals surface area contributed by atoms with Crippen molar-refractivity contribution in [3.63, 3.8) is 0 Å². The SMILES string of the molecule is [CH2-]c1cc(C(C)(C)Cc2ccc(C(c3ccccc3)[C@H]3CC4CCN3CC4)cc2)ccc1OC.[Nb]. The molecule has 2 bridgehead atoms. The molecule has 0 saturated carbocycles. The van der Waals surface area contributed by atoms with Crippen molar-refractivity contribution in [1.82, 2.24) is 4.90 Å². The summed E-state index contributed by atoms with van der Waals surface area (Å²) < 4.78 is 5.41. The summed E-state index contributed by atoms with van der Waals surface area (Å²) in [5, 5.41) is 0. The van der Waals surface area contributed by atoms with Gasteiger partial charge in [0.05, 0.1) is 7.11 Å². The standard InChI is InChI=1S/C32H38NO.Nb/c1-23-20-28(14-15-30(23)34-4)32(2,3)22-25-10-12-27(13-11-25)31(26-8-6-5-7-9-26)29-21-24-16-18-33(29)19-17-24;/h5-15,20,24,29,31H,1,16-19,21-22H2,2-4H3;/q-1;/t29-,31?;/m1./s1. The Hall–Kier alpha value is -1.97. The molecule has 3 aromatic rings. The van der Waals surface area contributed by atoms with Gasteiger partial charge in [0.25, 0.3) is 0 Å². The maximum absolute atomic E-state index is 5.41. The summed E-state index contributed by atoms with van der Waals surface area (Å²) in [7, 11) is 1.70. The summed E-state index contributed by atoms with van der Waals surface area (Å²) in [6, 6.07) is 27.7. The van der Waals surface area contributed by atoms with E-state index in [1.165, 1.54) is 54.6 Å². The van der Waals surface area contributed by atoms with E-state index in [-0.39, 0.29) is 27.8 Å². The third-order valence-electron chi connectivity index (χ3n) is 8.28. The number of rotatable bonds is 7. The molecule has 0 aromatic heterocycles. The minimum Gasteiger partial charge on any atom is -0.554 e. The largest absolute Gasteiger partial charge is 0.554 e. The third kappa shape index (κ3) is 5.57. The molecule has 1 unspecified atom stereocenters. The number of nitrogens with zero attached hydrogens (tertiary/aromatic N) is 1. The van der Waals surface area contributed by atoms with Gasteiger partial charge in [0, 0.05) is 40.1 Å². The van der Waals surface area contributed by atoms with E-state index >= 15 is 0 Å². The molecule has 0 spiro atoms. The Bertz CT molecular complexity index is 1100. The number of hydrogen-bond acceptors (Lipinski definition) is 2. The Morgan fingerprint density at radius 3 is 2.17 bits per heavy atom. The van der Waals surface area contributed by atoms with Gasteiger partial charge in [-0.1, -0.05) is 86.1 Å². The van der Waals surface area contributed by atoms with Crippen LogP contribution in [0.2, 0.25) is 0 Å². The summed E-state index contributed by atoms with van der Waals surface area (Å²) >= 11 is 0. The topological polar surface area (TPSA) is 12.5 Å². The maximum atomic E-state index is 5.41. The van der Waals surface area contributed by atoms with Crippen LogP contribution in [0.4, 0.5) is 0 Å². The van der Waals surface area contributed by atoms with Crippen LogP contribution in [-0.4, -0.2) is 31.1 Å². The van der Waals surface area contributed by atoms with E-state index in [0.717, 1.165) is 23.7 Å². The van der Waals surface area contributed by atoms with Gasteiger partial charge in [-0.3, -0.25) is 4.90 Å². The number of piperidine rings is 3. The van der Waals surface area contributed by atoms with Gasteiger partial charge in [0.15, 0.2) is 0 Å². The first-order chi connectivity index (χ1) is 16.4. The second kappa shape index (κ2) is 11.0. The molecule has 35 heavy (non-hydrogen) atoms. The monoisotopic (exact) mass is 545 g/mol. The van der Waals surface area contributed by atoms with Gasteiger partial charge in [-0.05, 0) is 66.8 Å². The molecular formula is C32H38NNbO-. The molecule has 1 radical (unpaired) electrons. The van der Waals surface area contributed by atoms with Crippen LogP contribution in [0.25, 0.3) is 0 Å². The Morgan fingerprint density at radius 1 is 0.943 bits per heavy atom. The molecule has 3 fully saturated rings. The van der Waals surface area contributed by atoms with Crippen molar-refractivity contribution in [2.24, 2.45) is 5.92 Å². The van der Waals surface area contributed by atoms with Gasteiger partial charge in [-0.2, -0.15) is 18.6 Å². The van der Waals surface area contributed by atoms with Crippen molar-refractivity contribution < 1.29 is 27.1 Å². The first-order valence-electron chi connectivity index (χ1n) is 12.8. The molecule has 0 aliphatic carbocycles. The molecule has 3 heterocycles. The summed E-state index contributed by atoms with van der Waals surface area (Å²) in [6.45, 7) is 11.3. The first-order valence-corrected chi connectivity index (χ1v) is 12.8. The molecule has 183 valence electrons. The molecule has 3 aromatic carbocycles. The van der Waals surface area contributed by atoms with Crippen molar-refractivity contribution in [1.29, 1.82) is 0 Å².